The van der Waals surface area contributed by atoms with Crippen LogP contribution < -0.4 is 15.4 Å². The fraction of sp³-hybridized carbons (Fsp3) is 0.263. The van der Waals surface area contributed by atoms with Gasteiger partial charge in [-0.05, 0) is 55.9 Å². The highest BCUT2D eigenvalue weighted by Crippen LogP contribution is 2.18. The highest BCUT2D eigenvalue weighted by molar-refractivity contribution is 6.01. The lowest BCUT2D eigenvalue weighted by Crippen LogP contribution is -2.41. The lowest BCUT2D eigenvalue weighted by atomic mass is 10.1. The molecule has 0 fully saturated rings. The van der Waals surface area contributed by atoms with E-state index < -0.39 is 11.9 Å². The van der Waals surface area contributed by atoms with Crippen LogP contribution in [-0.4, -0.2) is 37.5 Å². The summed E-state index contributed by atoms with van der Waals surface area (Å²) in [5.74, 6) is -0.0764. The number of nitrogens with one attached hydrogen (secondary N) is 2. The molecule has 2 N–H and O–H groups in total. The SMILES string of the molecule is COc1ccc(NC(=O)NC(=O)CN(C)C(C)c2ccc(F)cc2)cc1. The highest BCUT2D eigenvalue weighted by Gasteiger charge is 2.16. The average Bonchev–Trinajstić information content (AvgIpc) is 2.62. The van der Waals surface area contributed by atoms with Crippen molar-refractivity contribution in [2.45, 2.75) is 13.0 Å². The topological polar surface area (TPSA) is 70.7 Å². The van der Waals surface area contributed by atoms with Crippen LogP contribution in [0.1, 0.15) is 18.5 Å². The molecule has 0 saturated heterocycles. The number of benzene rings is 2. The molecule has 0 aromatic heterocycles. The van der Waals surface area contributed by atoms with Crippen LogP contribution in [0.25, 0.3) is 0 Å². The number of hydrogen-bond donors (Lipinski definition) is 2. The zero-order chi connectivity index (χ0) is 19.1. The first-order valence-electron chi connectivity index (χ1n) is 8.09. The molecule has 7 heteroatoms. The molecule has 0 aliphatic carbocycles. The van der Waals surface area contributed by atoms with Crippen molar-refractivity contribution in [3.8, 4) is 5.75 Å². The monoisotopic (exact) mass is 359 g/mol. The van der Waals surface area contributed by atoms with Crippen molar-refractivity contribution in [1.29, 1.82) is 0 Å². The predicted octanol–water partition coefficient (Wildman–Crippen LogP) is 3.18. The van der Waals surface area contributed by atoms with Gasteiger partial charge < -0.3 is 10.1 Å². The summed E-state index contributed by atoms with van der Waals surface area (Å²) >= 11 is 0. The molecule has 0 saturated carbocycles. The lowest BCUT2D eigenvalue weighted by Gasteiger charge is -2.24. The molecule has 2 aromatic rings. The van der Waals surface area contributed by atoms with Gasteiger partial charge in [-0.2, -0.15) is 0 Å². The molecular weight excluding hydrogens is 337 g/mol. The minimum absolute atomic E-state index is 0.0224. The molecule has 26 heavy (non-hydrogen) atoms. The van der Waals surface area contributed by atoms with E-state index in [1.807, 2.05) is 6.92 Å². The number of methoxy groups -OCH3 is 1. The Balaban J connectivity index is 1.84. The van der Waals surface area contributed by atoms with Crippen LogP contribution in [0.5, 0.6) is 5.75 Å². The number of ether oxygens (including phenoxy) is 1. The fourth-order valence-corrected chi connectivity index (χ4v) is 2.36. The van der Waals surface area contributed by atoms with Crippen molar-refractivity contribution in [1.82, 2.24) is 10.2 Å². The van der Waals surface area contributed by atoms with Crippen LogP contribution in [0.2, 0.25) is 0 Å². The number of rotatable bonds is 6. The normalized spacial score (nSPS) is 11.7. The van der Waals surface area contributed by atoms with Gasteiger partial charge >= 0.3 is 6.03 Å². The van der Waals surface area contributed by atoms with Crippen molar-refractivity contribution in [3.63, 3.8) is 0 Å². The second-order valence-electron chi connectivity index (χ2n) is 5.87. The summed E-state index contributed by atoms with van der Waals surface area (Å²) in [5.41, 5.74) is 1.42. The van der Waals surface area contributed by atoms with Gasteiger partial charge in [0.15, 0.2) is 0 Å². The maximum Gasteiger partial charge on any atom is 0.325 e. The molecule has 1 unspecified atom stereocenters. The van der Waals surface area contributed by atoms with Crippen LogP contribution in [0, 0.1) is 5.82 Å². The Bertz CT molecular complexity index is 748. The van der Waals surface area contributed by atoms with E-state index in [2.05, 4.69) is 10.6 Å². The predicted molar refractivity (Wildman–Crippen MR) is 97.6 cm³/mol. The Kier molecular flexibility index (Phi) is 6.68. The zero-order valence-corrected chi connectivity index (χ0v) is 15.0. The van der Waals surface area contributed by atoms with E-state index in [4.69, 9.17) is 4.74 Å². The Morgan fingerprint density at radius 1 is 1.12 bits per heavy atom. The van der Waals surface area contributed by atoms with E-state index >= 15 is 0 Å². The van der Waals surface area contributed by atoms with Gasteiger partial charge in [-0.1, -0.05) is 12.1 Å². The third-order valence-electron chi connectivity index (χ3n) is 4.01. The number of anilines is 1. The Hall–Kier alpha value is -2.93. The molecule has 0 spiro atoms. The fourth-order valence-electron chi connectivity index (χ4n) is 2.36. The highest BCUT2D eigenvalue weighted by atomic mass is 19.1. The summed E-state index contributed by atoms with van der Waals surface area (Å²) in [6, 6.07) is 12.1. The van der Waals surface area contributed by atoms with Crippen molar-refractivity contribution in [3.05, 3.63) is 59.9 Å². The number of imide groups is 1. The molecule has 0 radical (unpaired) electrons. The van der Waals surface area contributed by atoms with Crippen LogP contribution in [0.3, 0.4) is 0 Å². The van der Waals surface area contributed by atoms with Gasteiger partial charge in [0, 0.05) is 11.7 Å². The first kappa shape index (κ1) is 19.4. The second kappa shape index (κ2) is 8.96. The standard InChI is InChI=1S/C19H22FN3O3/c1-13(14-4-6-15(20)7-5-14)23(2)12-18(24)22-19(25)21-16-8-10-17(26-3)11-9-16/h4-11,13H,12H2,1-3H3,(H2,21,22,24,25). The van der Waals surface area contributed by atoms with Gasteiger partial charge in [-0.3, -0.25) is 15.0 Å². The van der Waals surface area contributed by atoms with E-state index in [1.165, 1.54) is 12.1 Å². The van der Waals surface area contributed by atoms with Crippen molar-refractivity contribution in [2.75, 3.05) is 26.0 Å². The third kappa shape index (κ3) is 5.56. The Labute approximate surface area is 152 Å². The Morgan fingerprint density at radius 3 is 2.31 bits per heavy atom. The number of urea groups is 1. The summed E-state index contributed by atoms with van der Waals surface area (Å²) in [5, 5.41) is 4.86. The summed E-state index contributed by atoms with van der Waals surface area (Å²) < 4.78 is 18.0. The van der Waals surface area contributed by atoms with Gasteiger partial charge in [0.25, 0.3) is 0 Å². The smallest absolute Gasteiger partial charge is 0.325 e. The minimum Gasteiger partial charge on any atom is -0.497 e. The minimum atomic E-state index is -0.608. The molecule has 0 aliphatic rings. The van der Waals surface area contributed by atoms with Gasteiger partial charge in [0.05, 0.1) is 13.7 Å². The van der Waals surface area contributed by atoms with Crippen LogP contribution in [0.15, 0.2) is 48.5 Å². The van der Waals surface area contributed by atoms with Crippen LogP contribution in [0.4, 0.5) is 14.9 Å². The van der Waals surface area contributed by atoms with E-state index in [9.17, 15) is 14.0 Å². The van der Waals surface area contributed by atoms with Crippen molar-refractivity contribution in [2.24, 2.45) is 0 Å². The summed E-state index contributed by atoms with van der Waals surface area (Å²) in [7, 11) is 3.31. The van der Waals surface area contributed by atoms with E-state index in [0.717, 1.165) is 5.56 Å². The molecule has 0 heterocycles. The molecule has 138 valence electrons. The number of carbonyl (C=O) groups is 2. The van der Waals surface area contributed by atoms with Gasteiger partial charge in [0.1, 0.15) is 11.6 Å². The Morgan fingerprint density at radius 2 is 1.73 bits per heavy atom. The first-order valence-corrected chi connectivity index (χ1v) is 8.09. The molecular formula is C19H22FN3O3. The number of likely N-dealkylation sites (N-methyl/N-ethyl adjacent to an activating group) is 1. The van der Waals surface area contributed by atoms with E-state index in [1.54, 1.807) is 55.5 Å². The summed E-state index contributed by atoms with van der Waals surface area (Å²) in [6.07, 6.45) is 0. The average molecular weight is 359 g/mol. The van der Waals surface area contributed by atoms with Crippen molar-refractivity contribution < 1.29 is 18.7 Å². The third-order valence-corrected chi connectivity index (χ3v) is 4.01. The van der Waals surface area contributed by atoms with Crippen molar-refractivity contribution >= 4 is 17.6 Å². The van der Waals surface area contributed by atoms with Crippen LogP contribution >= 0.6 is 0 Å². The maximum absolute atomic E-state index is 13.0. The summed E-state index contributed by atoms with van der Waals surface area (Å²) in [6.45, 7) is 1.92. The second-order valence-corrected chi connectivity index (χ2v) is 5.87. The first-order chi connectivity index (χ1) is 12.4. The zero-order valence-electron chi connectivity index (χ0n) is 15.0. The van der Waals surface area contributed by atoms with E-state index in [0.29, 0.717) is 11.4 Å². The lowest BCUT2D eigenvalue weighted by molar-refractivity contribution is -0.121. The number of hydrogen-bond acceptors (Lipinski definition) is 4. The molecule has 2 rings (SSSR count). The van der Waals surface area contributed by atoms with Crippen LogP contribution in [-0.2, 0) is 4.79 Å². The van der Waals surface area contributed by atoms with Gasteiger partial charge in [-0.15, -0.1) is 0 Å². The maximum atomic E-state index is 13.0. The molecule has 3 amide bonds. The summed E-state index contributed by atoms with van der Waals surface area (Å²) in [4.78, 5) is 25.7. The quantitative estimate of drug-likeness (QED) is 0.831. The molecule has 6 nitrogen and oxygen atoms in total. The van der Waals surface area contributed by atoms with E-state index in [-0.39, 0.29) is 18.4 Å². The largest absolute Gasteiger partial charge is 0.497 e. The number of halogens is 1. The molecule has 0 bridgehead atoms. The number of nitrogens with zero attached hydrogens (tertiary/aromatic N) is 1. The van der Waals surface area contributed by atoms with Gasteiger partial charge in [0.2, 0.25) is 5.91 Å². The number of carbonyl (C=O) groups excluding carboxylic acids is 2. The molecule has 1 atom stereocenters. The molecule has 0 aliphatic heterocycles. The van der Waals surface area contributed by atoms with Gasteiger partial charge in [-0.25, -0.2) is 9.18 Å². The molecule has 2 aromatic carbocycles. The number of amides is 3.